The third-order valence-corrected chi connectivity index (χ3v) is 2.65. The second kappa shape index (κ2) is 2.89. The molecule has 0 aromatic heterocycles. The molecule has 0 radical (unpaired) electrons. The van der Waals surface area contributed by atoms with Gasteiger partial charge < -0.3 is 4.74 Å². The smallest absolute Gasteiger partial charge is 0.0969 e. The van der Waals surface area contributed by atoms with Gasteiger partial charge in [-0.05, 0) is 18.8 Å². The topological polar surface area (TPSA) is 21.3 Å². The number of hydrogen-bond acceptors (Lipinski definition) is 2. The van der Waals surface area contributed by atoms with Crippen LogP contribution in [0.1, 0.15) is 25.7 Å². The molecule has 1 aliphatic heterocycles. The van der Waals surface area contributed by atoms with E-state index in [1.54, 1.807) is 0 Å². The van der Waals surface area contributed by atoms with Crippen molar-refractivity contribution in [2.24, 2.45) is 5.92 Å². The van der Waals surface area contributed by atoms with Crippen LogP contribution in [0.3, 0.4) is 0 Å². The van der Waals surface area contributed by atoms with Gasteiger partial charge in [0.25, 0.3) is 0 Å². The van der Waals surface area contributed by atoms with Gasteiger partial charge in [0.05, 0.1) is 12.8 Å². The standard InChI is InChI=1S/C8H15NO/c1-2-4-8-7(3-1)5-9-6-10-8/h7-9H,1-6H2/t7-,8-/m1/s1. The van der Waals surface area contributed by atoms with Crippen molar-refractivity contribution in [3.63, 3.8) is 0 Å². The Bertz CT molecular complexity index is 89.8. The summed E-state index contributed by atoms with van der Waals surface area (Å²) in [4.78, 5) is 0. The molecule has 0 aromatic carbocycles. The molecule has 1 saturated heterocycles. The number of nitrogens with one attached hydrogen (secondary N) is 1. The molecule has 1 saturated carbocycles. The van der Waals surface area contributed by atoms with Crippen LogP contribution in [0.25, 0.3) is 0 Å². The highest BCUT2D eigenvalue weighted by atomic mass is 16.5. The highest BCUT2D eigenvalue weighted by Gasteiger charge is 2.27. The quantitative estimate of drug-likeness (QED) is 0.546. The maximum Gasteiger partial charge on any atom is 0.0969 e. The van der Waals surface area contributed by atoms with Crippen molar-refractivity contribution in [1.29, 1.82) is 0 Å². The van der Waals surface area contributed by atoms with Crippen molar-refractivity contribution in [1.82, 2.24) is 5.32 Å². The van der Waals surface area contributed by atoms with E-state index in [2.05, 4.69) is 5.32 Å². The second-order valence-electron chi connectivity index (χ2n) is 3.35. The summed E-state index contributed by atoms with van der Waals surface area (Å²) in [6.07, 6.45) is 6.05. The van der Waals surface area contributed by atoms with Crippen molar-refractivity contribution < 1.29 is 4.74 Å². The average Bonchev–Trinajstić information content (AvgIpc) is 2.05. The third-order valence-electron chi connectivity index (χ3n) is 2.65. The SMILES string of the molecule is C1CC[C@H]2OCNC[C@H]2C1. The van der Waals surface area contributed by atoms with Crippen LogP contribution in [0.2, 0.25) is 0 Å². The Morgan fingerprint density at radius 2 is 2.10 bits per heavy atom. The summed E-state index contributed by atoms with van der Waals surface area (Å²) in [6, 6.07) is 0. The molecule has 2 rings (SSSR count). The highest BCUT2D eigenvalue weighted by molar-refractivity contribution is 4.79. The minimum Gasteiger partial charge on any atom is -0.363 e. The Kier molecular flexibility index (Phi) is 1.91. The van der Waals surface area contributed by atoms with Gasteiger partial charge in [-0.3, -0.25) is 5.32 Å². The molecule has 0 bridgehead atoms. The fraction of sp³-hybridized carbons (Fsp3) is 1.00. The molecule has 0 aromatic rings. The van der Waals surface area contributed by atoms with E-state index in [4.69, 9.17) is 4.74 Å². The van der Waals surface area contributed by atoms with Gasteiger partial charge in [0.1, 0.15) is 0 Å². The average molecular weight is 141 g/mol. The highest BCUT2D eigenvalue weighted by Crippen LogP contribution is 2.27. The summed E-state index contributed by atoms with van der Waals surface area (Å²) < 4.78 is 5.57. The monoisotopic (exact) mass is 141 g/mol. The lowest BCUT2D eigenvalue weighted by molar-refractivity contribution is -0.0517. The third kappa shape index (κ3) is 1.18. The zero-order valence-electron chi connectivity index (χ0n) is 6.31. The maximum atomic E-state index is 5.57. The van der Waals surface area contributed by atoms with Crippen LogP contribution in [-0.4, -0.2) is 19.4 Å². The fourth-order valence-corrected chi connectivity index (χ4v) is 2.04. The van der Waals surface area contributed by atoms with Gasteiger partial charge in [0.2, 0.25) is 0 Å². The summed E-state index contributed by atoms with van der Waals surface area (Å²) in [5, 5.41) is 3.26. The second-order valence-corrected chi connectivity index (χ2v) is 3.35. The maximum absolute atomic E-state index is 5.57. The van der Waals surface area contributed by atoms with E-state index < -0.39 is 0 Å². The first-order valence-corrected chi connectivity index (χ1v) is 4.29. The lowest BCUT2D eigenvalue weighted by Crippen LogP contribution is -2.43. The molecular weight excluding hydrogens is 126 g/mol. The normalized spacial score (nSPS) is 40.8. The Hall–Kier alpha value is -0.0800. The Labute approximate surface area is 61.9 Å². The molecule has 0 spiro atoms. The molecule has 2 fully saturated rings. The van der Waals surface area contributed by atoms with Gasteiger partial charge in [-0.25, -0.2) is 0 Å². The predicted molar refractivity (Wildman–Crippen MR) is 39.7 cm³/mol. The minimum absolute atomic E-state index is 0.593. The number of ether oxygens (including phenoxy) is 1. The zero-order chi connectivity index (χ0) is 6.81. The molecule has 0 unspecified atom stereocenters. The summed E-state index contributed by atoms with van der Waals surface area (Å²) in [5.41, 5.74) is 0. The lowest BCUT2D eigenvalue weighted by Gasteiger charge is -2.35. The largest absolute Gasteiger partial charge is 0.363 e. The molecule has 1 heterocycles. The van der Waals surface area contributed by atoms with Crippen molar-refractivity contribution in [3.05, 3.63) is 0 Å². The van der Waals surface area contributed by atoms with E-state index in [0.717, 1.165) is 12.6 Å². The molecule has 2 aliphatic rings. The molecule has 1 N–H and O–H groups in total. The van der Waals surface area contributed by atoms with Gasteiger partial charge in [-0.2, -0.15) is 0 Å². The van der Waals surface area contributed by atoms with Crippen LogP contribution >= 0.6 is 0 Å². The van der Waals surface area contributed by atoms with Crippen LogP contribution in [0.15, 0.2) is 0 Å². The van der Waals surface area contributed by atoms with E-state index in [1.807, 2.05) is 0 Å². The summed E-state index contributed by atoms with van der Waals surface area (Å²) in [6.45, 7) is 1.96. The zero-order valence-corrected chi connectivity index (χ0v) is 6.31. The van der Waals surface area contributed by atoms with Crippen molar-refractivity contribution >= 4 is 0 Å². The van der Waals surface area contributed by atoms with Crippen molar-refractivity contribution in [3.8, 4) is 0 Å². The van der Waals surface area contributed by atoms with Gasteiger partial charge in [0.15, 0.2) is 0 Å². The number of rotatable bonds is 0. The first-order valence-electron chi connectivity index (χ1n) is 4.29. The van der Waals surface area contributed by atoms with Gasteiger partial charge in [-0.1, -0.05) is 12.8 Å². The Morgan fingerprint density at radius 1 is 1.20 bits per heavy atom. The molecule has 1 aliphatic carbocycles. The van der Waals surface area contributed by atoms with Gasteiger partial charge in [0, 0.05) is 6.54 Å². The van der Waals surface area contributed by atoms with Crippen LogP contribution in [0.4, 0.5) is 0 Å². The molecule has 58 valence electrons. The van der Waals surface area contributed by atoms with Crippen molar-refractivity contribution in [2.75, 3.05) is 13.3 Å². The van der Waals surface area contributed by atoms with Crippen molar-refractivity contribution in [2.45, 2.75) is 31.8 Å². The molecule has 2 nitrogen and oxygen atoms in total. The molecule has 2 heteroatoms. The number of fused-ring (bicyclic) bond motifs is 1. The minimum atomic E-state index is 0.593. The lowest BCUT2D eigenvalue weighted by atomic mass is 9.86. The van der Waals surface area contributed by atoms with E-state index >= 15 is 0 Å². The summed E-state index contributed by atoms with van der Waals surface area (Å²) >= 11 is 0. The summed E-state index contributed by atoms with van der Waals surface area (Å²) in [7, 11) is 0. The van der Waals surface area contributed by atoms with E-state index in [-0.39, 0.29) is 0 Å². The molecule has 10 heavy (non-hydrogen) atoms. The predicted octanol–water partition coefficient (Wildman–Crippen LogP) is 1.12. The van der Waals surface area contributed by atoms with Crippen LogP contribution in [-0.2, 0) is 4.74 Å². The fourth-order valence-electron chi connectivity index (χ4n) is 2.04. The van der Waals surface area contributed by atoms with Crippen LogP contribution in [0.5, 0.6) is 0 Å². The first kappa shape index (κ1) is 6.62. The van der Waals surface area contributed by atoms with E-state index in [0.29, 0.717) is 6.10 Å². The first-order chi connectivity index (χ1) is 4.97. The van der Waals surface area contributed by atoms with Gasteiger partial charge in [-0.15, -0.1) is 0 Å². The Balaban J connectivity index is 1.93. The molecular formula is C8H15NO. The van der Waals surface area contributed by atoms with Crippen LogP contribution < -0.4 is 5.32 Å². The molecule has 0 amide bonds. The van der Waals surface area contributed by atoms with E-state index in [1.165, 1.54) is 32.2 Å². The summed E-state index contributed by atoms with van der Waals surface area (Å²) in [5.74, 6) is 0.822. The van der Waals surface area contributed by atoms with Crippen LogP contribution in [0, 0.1) is 5.92 Å². The van der Waals surface area contributed by atoms with Gasteiger partial charge >= 0.3 is 0 Å². The van der Waals surface area contributed by atoms with E-state index in [9.17, 15) is 0 Å². The molecule has 2 atom stereocenters. The number of hydrogen-bond donors (Lipinski definition) is 1. The Morgan fingerprint density at radius 3 is 3.00 bits per heavy atom.